The lowest BCUT2D eigenvalue weighted by Gasteiger charge is -2.05. The van der Waals surface area contributed by atoms with Gasteiger partial charge in [0.15, 0.2) is 0 Å². The second-order valence-corrected chi connectivity index (χ2v) is 4.91. The number of nitrogens with two attached hydrogens (primary N) is 1. The minimum Gasteiger partial charge on any atom is -0.491 e. The molecule has 0 spiro atoms. The molecule has 2 aromatic rings. The lowest BCUT2D eigenvalue weighted by atomic mass is 10.3. The minimum atomic E-state index is 0.715. The van der Waals surface area contributed by atoms with E-state index in [1.807, 2.05) is 19.1 Å². The van der Waals surface area contributed by atoms with E-state index in [0.29, 0.717) is 6.61 Å². The lowest BCUT2D eigenvalue weighted by Crippen LogP contribution is -2.03. The van der Waals surface area contributed by atoms with Gasteiger partial charge in [0, 0.05) is 0 Å². The van der Waals surface area contributed by atoms with Crippen molar-refractivity contribution in [2.75, 3.05) is 13.2 Å². The summed E-state index contributed by atoms with van der Waals surface area (Å²) in [6.07, 6.45) is 2.00. The molecule has 86 valence electrons. The Morgan fingerprint density at radius 3 is 3.06 bits per heavy atom. The Bertz CT molecular complexity index is 467. The normalized spacial score (nSPS) is 10.9. The molecule has 1 aromatic carbocycles. The minimum absolute atomic E-state index is 0.715. The van der Waals surface area contributed by atoms with Crippen LogP contribution >= 0.6 is 11.3 Å². The summed E-state index contributed by atoms with van der Waals surface area (Å²) in [5.74, 6) is 0.888. The quantitative estimate of drug-likeness (QED) is 0.812. The summed E-state index contributed by atoms with van der Waals surface area (Å²) in [6.45, 7) is 3.46. The van der Waals surface area contributed by atoms with Gasteiger partial charge >= 0.3 is 0 Å². The van der Waals surface area contributed by atoms with E-state index in [1.54, 1.807) is 11.3 Å². The first-order chi connectivity index (χ1) is 7.81. The number of para-hydroxylation sites is 1. The van der Waals surface area contributed by atoms with Crippen LogP contribution in [0, 0.1) is 6.92 Å². The molecule has 0 fully saturated rings. The molecule has 1 heterocycles. The number of fused-ring (bicyclic) bond motifs is 1. The third-order valence-electron chi connectivity index (χ3n) is 2.34. The number of thiazole rings is 1. The van der Waals surface area contributed by atoms with Gasteiger partial charge in [-0.05, 0) is 38.4 Å². The molecule has 0 bridgehead atoms. The zero-order valence-electron chi connectivity index (χ0n) is 9.40. The number of unbranched alkanes of at least 4 members (excludes halogenated alkanes) is 1. The first-order valence-corrected chi connectivity index (χ1v) is 6.32. The molecule has 1 aromatic heterocycles. The van der Waals surface area contributed by atoms with Crippen molar-refractivity contribution in [1.82, 2.24) is 4.98 Å². The van der Waals surface area contributed by atoms with Crippen molar-refractivity contribution in [2.24, 2.45) is 5.73 Å². The van der Waals surface area contributed by atoms with Crippen molar-refractivity contribution in [2.45, 2.75) is 19.8 Å². The second-order valence-electron chi connectivity index (χ2n) is 3.68. The average Bonchev–Trinajstić information content (AvgIpc) is 2.65. The molecule has 2 rings (SSSR count). The van der Waals surface area contributed by atoms with Gasteiger partial charge in [0.1, 0.15) is 11.3 Å². The number of benzene rings is 1. The Labute approximate surface area is 99.3 Å². The number of hydrogen-bond acceptors (Lipinski definition) is 4. The Hall–Kier alpha value is -1.13. The van der Waals surface area contributed by atoms with Gasteiger partial charge in [-0.25, -0.2) is 4.98 Å². The van der Waals surface area contributed by atoms with Crippen LogP contribution < -0.4 is 10.5 Å². The zero-order chi connectivity index (χ0) is 11.4. The van der Waals surface area contributed by atoms with Crippen molar-refractivity contribution in [3.8, 4) is 5.75 Å². The van der Waals surface area contributed by atoms with Crippen LogP contribution in [0.15, 0.2) is 18.2 Å². The number of ether oxygens (including phenoxy) is 1. The van der Waals surface area contributed by atoms with E-state index in [1.165, 1.54) is 4.70 Å². The molecule has 0 radical (unpaired) electrons. The van der Waals surface area contributed by atoms with Gasteiger partial charge in [-0.2, -0.15) is 0 Å². The van der Waals surface area contributed by atoms with Gasteiger partial charge in [0.05, 0.1) is 16.3 Å². The molecule has 3 nitrogen and oxygen atoms in total. The molecular formula is C12H16N2OS. The molecule has 0 unspecified atom stereocenters. The summed E-state index contributed by atoms with van der Waals surface area (Å²) >= 11 is 1.70. The molecule has 0 amide bonds. The third-order valence-corrected chi connectivity index (χ3v) is 3.28. The summed E-state index contributed by atoms with van der Waals surface area (Å²) in [7, 11) is 0. The largest absolute Gasteiger partial charge is 0.491 e. The van der Waals surface area contributed by atoms with E-state index in [9.17, 15) is 0 Å². The van der Waals surface area contributed by atoms with Gasteiger partial charge < -0.3 is 10.5 Å². The Morgan fingerprint density at radius 2 is 2.25 bits per heavy atom. The molecule has 0 aliphatic rings. The summed E-state index contributed by atoms with van der Waals surface area (Å²) in [6, 6.07) is 6.06. The number of aryl methyl sites for hydroxylation is 1. The van der Waals surface area contributed by atoms with Gasteiger partial charge in [-0.3, -0.25) is 0 Å². The van der Waals surface area contributed by atoms with Gasteiger partial charge in [0.25, 0.3) is 0 Å². The van der Waals surface area contributed by atoms with Gasteiger partial charge in [0.2, 0.25) is 0 Å². The molecule has 0 atom stereocenters. The molecular weight excluding hydrogens is 220 g/mol. The molecule has 0 aliphatic heterocycles. The van der Waals surface area contributed by atoms with Crippen LogP contribution in [0.3, 0.4) is 0 Å². The van der Waals surface area contributed by atoms with E-state index in [2.05, 4.69) is 11.1 Å². The van der Waals surface area contributed by atoms with Crippen LogP contribution in [-0.2, 0) is 0 Å². The maximum Gasteiger partial charge on any atom is 0.146 e. The average molecular weight is 236 g/mol. The highest BCUT2D eigenvalue weighted by atomic mass is 32.1. The fraction of sp³-hybridized carbons (Fsp3) is 0.417. The molecule has 0 saturated carbocycles. The molecule has 16 heavy (non-hydrogen) atoms. The van der Waals surface area contributed by atoms with E-state index in [0.717, 1.165) is 35.7 Å². The second kappa shape index (κ2) is 5.27. The van der Waals surface area contributed by atoms with Crippen LogP contribution in [0.4, 0.5) is 0 Å². The van der Waals surface area contributed by atoms with E-state index >= 15 is 0 Å². The maximum absolute atomic E-state index is 5.72. The fourth-order valence-electron chi connectivity index (χ4n) is 1.58. The van der Waals surface area contributed by atoms with Crippen molar-refractivity contribution in [3.63, 3.8) is 0 Å². The van der Waals surface area contributed by atoms with Crippen LogP contribution in [0.2, 0.25) is 0 Å². The Balaban J connectivity index is 2.11. The van der Waals surface area contributed by atoms with E-state index < -0.39 is 0 Å². The molecule has 0 saturated heterocycles. The maximum atomic E-state index is 5.72. The molecule has 4 heteroatoms. The topological polar surface area (TPSA) is 48.1 Å². The van der Waals surface area contributed by atoms with Crippen molar-refractivity contribution in [3.05, 3.63) is 23.2 Å². The van der Waals surface area contributed by atoms with Gasteiger partial charge in [-0.1, -0.05) is 6.07 Å². The van der Waals surface area contributed by atoms with Crippen LogP contribution in [0.25, 0.3) is 10.2 Å². The van der Waals surface area contributed by atoms with Gasteiger partial charge in [-0.15, -0.1) is 11.3 Å². The smallest absolute Gasteiger partial charge is 0.146 e. The number of hydrogen-bond donors (Lipinski definition) is 1. The Morgan fingerprint density at radius 1 is 1.38 bits per heavy atom. The predicted molar refractivity (Wildman–Crippen MR) is 68.1 cm³/mol. The first kappa shape index (κ1) is 11.4. The highest BCUT2D eigenvalue weighted by Crippen LogP contribution is 2.29. The summed E-state index contributed by atoms with van der Waals surface area (Å²) in [5, 5.41) is 1.08. The van der Waals surface area contributed by atoms with E-state index in [4.69, 9.17) is 10.5 Å². The van der Waals surface area contributed by atoms with Crippen molar-refractivity contribution in [1.29, 1.82) is 0 Å². The Kier molecular flexibility index (Phi) is 3.74. The summed E-state index contributed by atoms with van der Waals surface area (Å²) in [5.41, 5.74) is 6.42. The van der Waals surface area contributed by atoms with Crippen LogP contribution in [0.5, 0.6) is 5.75 Å². The first-order valence-electron chi connectivity index (χ1n) is 5.50. The summed E-state index contributed by atoms with van der Waals surface area (Å²) in [4.78, 5) is 4.48. The standard InChI is InChI=1S/C12H16N2OS/c1-9-14-12-10(15-8-3-2-7-13)5-4-6-11(12)16-9/h4-6H,2-3,7-8,13H2,1H3. The number of aromatic nitrogens is 1. The highest BCUT2D eigenvalue weighted by molar-refractivity contribution is 7.18. The lowest BCUT2D eigenvalue weighted by molar-refractivity contribution is 0.311. The predicted octanol–water partition coefficient (Wildman–Crippen LogP) is 2.72. The monoisotopic (exact) mass is 236 g/mol. The van der Waals surface area contributed by atoms with Crippen LogP contribution in [-0.4, -0.2) is 18.1 Å². The summed E-state index contributed by atoms with van der Waals surface area (Å²) < 4.78 is 6.91. The molecule has 0 aliphatic carbocycles. The van der Waals surface area contributed by atoms with Crippen molar-refractivity contribution < 1.29 is 4.74 Å². The molecule has 2 N–H and O–H groups in total. The van der Waals surface area contributed by atoms with Crippen molar-refractivity contribution >= 4 is 21.6 Å². The van der Waals surface area contributed by atoms with Crippen LogP contribution in [0.1, 0.15) is 17.8 Å². The number of rotatable bonds is 5. The van der Waals surface area contributed by atoms with E-state index in [-0.39, 0.29) is 0 Å². The zero-order valence-corrected chi connectivity index (χ0v) is 10.2. The highest BCUT2D eigenvalue weighted by Gasteiger charge is 2.06. The number of nitrogens with zero attached hydrogens (tertiary/aromatic N) is 1. The third kappa shape index (κ3) is 2.51. The SMILES string of the molecule is Cc1nc2c(OCCCCN)cccc2s1. The fourth-order valence-corrected chi connectivity index (χ4v) is 2.42.